The minimum atomic E-state index is 0.122. The molecule has 6 heteroatoms. The van der Waals surface area contributed by atoms with Crippen LogP contribution in [0.4, 0.5) is 0 Å². The first-order valence-corrected chi connectivity index (χ1v) is 11.7. The van der Waals surface area contributed by atoms with Crippen molar-refractivity contribution in [1.82, 2.24) is 19.5 Å². The molecule has 1 fully saturated rings. The number of pyridine rings is 1. The van der Waals surface area contributed by atoms with Gasteiger partial charge in [0.05, 0.1) is 4.88 Å². The molecule has 0 radical (unpaired) electrons. The largest absolute Gasteiger partial charge is 0.338 e. The van der Waals surface area contributed by atoms with Gasteiger partial charge in [0.25, 0.3) is 5.91 Å². The number of allylic oxidation sites excluding steroid dienone is 2. The average molecular weight is 435 g/mol. The second-order valence-electron chi connectivity index (χ2n) is 8.80. The summed E-state index contributed by atoms with van der Waals surface area (Å²) in [5.74, 6) is 0.451. The van der Waals surface area contributed by atoms with Gasteiger partial charge < -0.3 is 4.90 Å². The molecule has 3 aromatic heterocycles. The van der Waals surface area contributed by atoms with Crippen LogP contribution in [0.5, 0.6) is 0 Å². The number of nitrogens with zero attached hydrogens (tertiary/aromatic N) is 4. The first-order chi connectivity index (χ1) is 14.8. The normalized spacial score (nSPS) is 15.8. The van der Waals surface area contributed by atoms with Crippen LogP contribution < -0.4 is 0 Å². The molecule has 0 bridgehead atoms. The minimum absolute atomic E-state index is 0.122. The maximum absolute atomic E-state index is 13.1. The number of aryl methyl sites for hydroxylation is 1. The Morgan fingerprint density at radius 1 is 1.29 bits per heavy atom. The van der Waals surface area contributed by atoms with E-state index in [0.29, 0.717) is 12.0 Å². The van der Waals surface area contributed by atoms with Crippen molar-refractivity contribution < 1.29 is 4.79 Å². The van der Waals surface area contributed by atoms with Gasteiger partial charge in [-0.2, -0.15) is 5.10 Å². The van der Waals surface area contributed by atoms with E-state index in [9.17, 15) is 4.79 Å². The summed E-state index contributed by atoms with van der Waals surface area (Å²) in [5.41, 5.74) is 5.58. The summed E-state index contributed by atoms with van der Waals surface area (Å²) < 4.78 is 1.82. The Hall–Kier alpha value is -2.73. The van der Waals surface area contributed by atoms with Crippen LogP contribution in [0.1, 0.15) is 65.2 Å². The topological polar surface area (TPSA) is 50.5 Å². The van der Waals surface area contributed by atoms with Crippen LogP contribution in [-0.2, 0) is 0 Å². The first kappa shape index (κ1) is 21.5. The number of carbonyl (C=O) groups is 1. The molecule has 1 aliphatic carbocycles. The van der Waals surface area contributed by atoms with Crippen molar-refractivity contribution in [3.8, 4) is 0 Å². The first-order valence-electron chi connectivity index (χ1n) is 10.9. The molecule has 0 aromatic carbocycles. The zero-order valence-electron chi connectivity index (χ0n) is 18.8. The third-order valence-electron chi connectivity index (χ3n) is 6.16. The molecule has 4 rings (SSSR count). The summed E-state index contributed by atoms with van der Waals surface area (Å²) in [6.45, 7) is 10.5. The van der Waals surface area contributed by atoms with Gasteiger partial charge in [-0.1, -0.05) is 26.0 Å². The number of amides is 1. The number of aromatic nitrogens is 3. The van der Waals surface area contributed by atoms with Crippen molar-refractivity contribution in [2.24, 2.45) is 5.92 Å². The van der Waals surface area contributed by atoms with Crippen molar-refractivity contribution in [1.29, 1.82) is 0 Å². The summed E-state index contributed by atoms with van der Waals surface area (Å²) >= 11 is 1.59. The number of thiophene rings is 1. The lowest BCUT2D eigenvalue weighted by molar-refractivity contribution is 0.0712. The average Bonchev–Trinajstić information content (AvgIpc) is 3.41. The van der Waals surface area contributed by atoms with Crippen LogP contribution in [0.15, 0.2) is 42.9 Å². The van der Waals surface area contributed by atoms with E-state index in [1.165, 1.54) is 11.1 Å². The van der Waals surface area contributed by atoms with E-state index < -0.39 is 0 Å². The summed E-state index contributed by atoms with van der Waals surface area (Å²) in [5, 5.41) is 4.28. The Morgan fingerprint density at radius 3 is 2.71 bits per heavy atom. The smallest absolute Gasteiger partial charge is 0.263 e. The molecule has 162 valence electrons. The standard InChI is InChI=1S/C25H30N4OS/c1-16(2)21(13-19-12-18(4)24-26-15-27-29(24)14-19)22-10-11-23(31-22)25(30)28(5)20-8-6-17(3)7-9-20/h10-16,20H,3,6-9H2,1-2,4-5H3/b21-13+. The zero-order valence-corrected chi connectivity index (χ0v) is 19.6. The highest BCUT2D eigenvalue weighted by molar-refractivity contribution is 7.15. The molecule has 1 aliphatic rings. The van der Waals surface area contributed by atoms with E-state index in [2.05, 4.69) is 55.6 Å². The van der Waals surface area contributed by atoms with Gasteiger partial charge >= 0.3 is 0 Å². The Morgan fingerprint density at radius 2 is 2.00 bits per heavy atom. The van der Waals surface area contributed by atoms with Crippen molar-refractivity contribution in [2.75, 3.05) is 7.05 Å². The predicted molar refractivity (Wildman–Crippen MR) is 128 cm³/mol. The summed E-state index contributed by atoms with van der Waals surface area (Å²) in [4.78, 5) is 21.3. The Kier molecular flexibility index (Phi) is 6.10. The van der Waals surface area contributed by atoms with Crippen LogP contribution in [-0.4, -0.2) is 38.5 Å². The molecule has 0 atom stereocenters. The van der Waals surface area contributed by atoms with Gasteiger partial charge in [0.15, 0.2) is 5.65 Å². The van der Waals surface area contributed by atoms with Crippen LogP contribution >= 0.6 is 11.3 Å². The zero-order chi connectivity index (χ0) is 22.1. The molecule has 3 heterocycles. The number of carbonyl (C=O) groups excluding carboxylic acids is 1. The van der Waals surface area contributed by atoms with Crippen LogP contribution in [0.2, 0.25) is 0 Å². The minimum Gasteiger partial charge on any atom is -0.338 e. The van der Waals surface area contributed by atoms with E-state index in [1.807, 2.05) is 28.7 Å². The number of hydrogen-bond donors (Lipinski definition) is 0. The summed E-state index contributed by atoms with van der Waals surface area (Å²) in [6, 6.07) is 6.50. The number of hydrogen-bond acceptors (Lipinski definition) is 4. The molecule has 0 N–H and O–H groups in total. The summed E-state index contributed by atoms with van der Waals surface area (Å²) in [7, 11) is 1.94. The second-order valence-corrected chi connectivity index (χ2v) is 9.88. The molecular weight excluding hydrogens is 404 g/mol. The van der Waals surface area contributed by atoms with Gasteiger partial charge in [0.2, 0.25) is 0 Å². The van der Waals surface area contributed by atoms with Gasteiger partial charge in [-0.05, 0) is 79.5 Å². The van der Waals surface area contributed by atoms with E-state index in [-0.39, 0.29) is 5.91 Å². The molecule has 31 heavy (non-hydrogen) atoms. The highest BCUT2D eigenvalue weighted by Crippen LogP contribution is 2.33. The Balaban J connectivity index is 1.59. The van der Waals surface area contributed by atoms with Gasteiger partial charge in [-0.15, -0.1) is 11.3 Å². The monoisotopic (exact) mass is 434 g/mol. The van der Waals surface area contributed by atoms with Crippen LogP contribution in [0.3, 0.4) is 0 Å². The van der Waals surface area contributed by atoms with Gasteiger partial charge in [-0.25, -0.2) is 9.50 Å². The summed E-state index contributed by atoms with van der Waals surface area (Å²) in [6.07, 6.45) is 9.86. The quantitative estimate of drug-likeness (QED) is 0.472. The van der Waals surface area contributed by atoms with Crippen molar-refractivity contribution >= 4 is 34.5 Å². The number of fused-ring (bicyclic) bond motifs is 1. The highest BCUT2D eigenvalue weighted by atomic mass is 32.1. The fourth-order valence-electron chi connectivity index (χ4n) is 4.25. The molecule has 1 saturated carbocycles. The molecular formula is C25H30N4OS. The lowest BCUT2D eigenvalue weighted by Gasteiger charge is -2.31. The van der Waals surface area contributed by atoms with Crippen molar-refractivity contribution in [3.05, 3.63) is 63.8 Å². The van der Waals surface area contributed by atoms with E-state index in [0.717, 1.165) is 52.2 Å². The molecule has 0 saturated heterocycles. The van der Waals surface area contributed by atoms with Crippen LogP contribution in [0, 0.1) is 12.8 Å². The highest BCUT2D eigenvalue weighted by Gasteiger charge is 2.25. The molecule has 5 nitrogen and oxygen atoms in total. The van der Waals surface area contributed by atoms with E-state index in [1.54, 1.807) is 17.7 Å². The van der Waals surface area contributed by atoms with Gasteiger partial charge in [-0.3, -0.25) is 4.79 Å². The second kappa shape index (κ2) is 8.79. The van der Waals surface area contributed by atoms with Crippen LogP contribution in [0.25, 0.3) is 17.3 Å². The lowest BCUT2D eigenvalue weighted by atomic mass is 9.91. The van der Waals surface area contributed by atoms with E-state index in [4.69, 9.17) is 0 Å². The lowest BCUT2D eigenvalue weighted by Crippen LogP contribution is -2.38. The Labute approximate surface area is 188 Å². The Bertz CT molecular complexity index is 1140. The van der Waals surface area contributed by atoms with Crippen molar-refractivity contribution in [3.63, 3.8) is 0 Å². The molecule has 3 aromatic rings. The predicted octanol–water partition coefficient (Wildman–Crippen LogP) is 5.87. The molecule has 1 amide bonds. The molecule has 0 aliphatic heterocycles. The molecule has 0 spiro atoms. The van der Waals surface area contributed by atoms with Gasteiger partial charge in [0, 0.05) is 24.2 Å². The fourth-order valence-corrected chi connectivity index (χ4v) is 5.40. The molecule has 0 unspecified atom stereocenters. The maximum atomic E-state index is 13.1. The van der Waals surface area contributed by atoms with Crippen molar-refractivity contribution in [2.45, 2.75) is 52.5 Å². The third kappa shape index (κ3) is 4.49. The number of rotatable bonds is 5. The SMILES string of the molecule is C=C1CCC(N(C)C(=O)c2ccc(/C(=C/c3cc(C)c4ncnn4c3)C(C)C)s2)CC1. The maximum Gasteiger partial charge on any atom is 0.263 e. The fraction of sp³-hybridized carbons (Fsp3) is 0.400. The van der Waals surface area contributed by atoms with E-state index >= 15 is 0 Å². The third-order valence-corrected chi connectivity index (χ3v) is 7.28. The van der Waals surface area contributed by atoms with Gasteiger partial charge in [0.1, 0.15) is 6.33 Å².